The monoisotopic (exact) mass is 2370 g/mol. The molecule has 0 radical (unpaired) electrons. The van der Waals surface area contributed by atoms with Crippen LogP contribution in [0.25, 0.3) is 112 Å². The fraction of sp³-hybridized carbons (Fsp3) is 0.0755. The molecule has 18 aromatic rings. The summed E-state index contributed by atoms with van der Waals surface area (Å²) >= 11 is 0. The van der Waals surface area contributed by atoms with Gasteiger partial charge >= 0.3 is 84.3 Å². The van der Waals surface area contributed by atoms with Crippen LogP contribution in [0.5, 0.6) is 0 Å². The van der Waals surface area contributed by atoms with Crippen LogP contribution in [0.4, 0.5) is 40.8 Å². The van der Waals surface area contributed by atoms with Gasteiger partial charge in [0.25, 0.3) is 0 Å². The van der Waals surface area contributed by atoms with E-state index >= 15 is 0 Å². The summed E-state index contributed by atoms with van der Waals surface area (Å²) in [4.78, 5) is 50.5. The van der Waals surface area contributed by atoms with Gasteiger partial charge in [-0.1, -0.05) is 216 Å². The fourth-order valence-corrected chi connectivity index (χ4v) is 13.6. The molecule has 20 heteroatoms. The summed E-state index contributed by atoms with van der Waals surface area (Å²) < 4.78 is 54.9. The van der Waals surface area contributed by atoms with Gasteiger partial charge in [-0.15, -0.1) is 191 Å². The van der Waals surface area contributed by atoms with Gasteiger partial charge in [0.2, 0.25) is 0 Å². The number of anilines is 4. The predicted molar refractivity (Wildman–Crippen MR) is 475 cm³/mol. The predicted octanol–water partition coefficient (Wildman–Crippen LogP) is 24.5. The van der Waals surface area contributed by atoms with Crippen molar-refractivity contribution < 1.29 is 102 Å². The number of nitrogens with zero attached hydrogens (tertiary/aromatic N) is 12. The molecule has 0 aliphatic heterocycles. The third-order valence-corrected chi connectivity index (χ3v) is 20.2. The van der Waals surface area contributed by atoms with Gasteiger partial charge < -0.3 is 39.7 Å². The van der Waals surface area contributed by atoms with Gasteiger partial charge in [-0.2, -0.15) is 0 Å². The Morgan fingerprint density at radius 2 is 0.556 bits per heavy atom. The summed E-state index contributed by atoms with van der Waals surface area (Å²) in [5, 5.41) is 0. The maximum Gasteiger partial charge on any atom is 2.00 e. The van der Waals surface area contributed by atoms with E-state index in [0.717, 1.165) is 149 Å². The van der Waals surface area contributed by atoms with Crippen molar-refractivity contribution in [1.29, 1.82) is 0 Å². The molecule has 10 heterocycles. The van der Waals surface area contributed by atoms with Crippen LogP contribution in [0, 0.1) is 72.1 Å². The molecule has 0 unspecified atom stereocenters. The van der Waals surface area contributed by atoms with Gasteiger partial charge in [0, 0.05) is 71.0 Å². The fourth-order valence-electron chi connectivity index (χ4n) is 13.6. The molecule has 628 valence electrons. The molecule has 126 heavy (non-hydrogen) atoms. The topological polar surface area (TPSA) is 135 Å². The van der Waals surface area contributed by atoms with Crippen LogP contribution >= 0.6 is 0 Å². The molecule has 0 atom stereocenters. The first kappa shape index (κ1) is 94.0. The molecule has 18 rings (SSSR count). The first-order chi connectivity index (χ1) is 59.5. The van der Waals surface area contributed by atoms with E-state index in [9.17, 15) is 17.6 Å². The average molecular weight is 2370 g/mol. The van der Waals surface area contributed by atoms with Gasteiger partial charge in [-0.3, -0.25) is 37.5 Å². The first-order valence-electron chi connectivity index (χ1n) is 39.2. The van der Waals surface area contributed by atoms with Crippen molar-refractivity contribution in [3.63, 3.8) is 0 Å². The molecule has 8 aromatic carbocycles. The van der Waals surface area contributed by atoms with Gasteiger partial charge in [-0.05, 0) is 134 Å². The smallest absolute Gasteiger partial charge is 0.360 e. The van der Waals surface area contributed by atoms with Crippen molar-refractivity contribution in [2.45, 2.75) is 38.5 Å². The molecule has 10 aromatic heterocycles. The van der Waals surface area contributed by atoms with Crippen LogP contribution < -0.4 is 9.80 Å². The Morgan fingerprint density at radius 1 is 0.262 bits per heavy atom. The zero-order chi connectivity index (χ0) is 84.4. The summed E-state index contributed by atoms with van der Waals surface area (Å²) in [6, 6.07) is 125. The van der Waals surface area contributed by atoms with Gasteiger partial charge in [0.05, 0.1) is 0 Å². The van der Waals surface area contributed by atoms with Crippen molar-refractivity contribution in [2.75, 3.05) is 23.9 Å². The SMILES string of the molecule is CC(C)(c1cccc(-c2[c-]cc(F)cc2F)n1)c1cccc(-c2[c-]cc(F)cc2F)n1.CC(C)(c1cccc(-c2[c-]nccc2)n1)c1cccc(-c2[c-]nccc2)n1.CN(c1cccc(-c2[c-]cccc2)n1)c1cccc(-c2[c-]cccc2)n1.CN(c1cccc(-c2[c-]cccc2-c2ccccc2)n1)c1cccc(-c2[c-]cccc2-c2ccccc2)n1.[Pt+2].[Pt+2].[Pt+2].[Pt+2]. The standard InChI is InChI=1S/C35H25N3.C25H16F4N2.C23H18N4.C23H17N3.4Pt/c1-38(34-24-12-22-32(36-34)30-20-10-8-18-28(30)26-14-4-2-5-15-26)35-25-13-23-33(37-35)31-21-11-9-19-29(31)27-16-6-3-7-17-27;1-25(2,23-7-3-5-21(30-23)17-11-9-15(26)13-19(17)28)24-8-4-6-22(31-24)18-12-10-16(27)14-20(18)29;1-23(2,21-11-3-9-19(26-21)17-7-5-13-24-15-17)22-12-4-10-20(27-22)18-8-6-14-25-16-18;1-26(22-16-8-14-20(24-22)18-10-4-2-5-11-18)23-17-9-15-21(25-23)19-12-6-3-7-13-19;;;;/h2-19,22-25H,1H3;3-10,13-14H,1-2H3;3-14H,1-2H3;2-10,12,14-17H,1H3;;;;/q4*-2;4*+2. The minimum absolute atomic E-state index is 0. The summed E-state index contributed by atoms with van der Waals surface area (Å²) in [6.45, 7) is 8.01. The Kier molecular flexibility index (Phi) is 33.0. The normalized spacial score (nSPS) is 10.7. The number of pyridine rings is 10. The second-order valence-corrected chi connectivity index (χ2v) is 29.1. The first-order valence-corrected chi connectivity index (χ1v) is 39.2. The molecule has 0 spiro atoms. The zero-order valence-electron chi connectivity index (χ0n) is 68.6. The summed E-state index contributed by atoms with van der Waals surface area (Å²) in [7, 11) is 3.97. The largest absolute Gasteiger partial charge is 2.00 e. The minimum atomic E-state index is -0.759. The maximum absolute atomic E-state index is 14.2. The second-order valence-electron chi connectivity index (χ2n) is 29.1. The van der Waals surface area contributed by atoms with Crippen molar-refractivity contribution in [1.82, 2.24) is 49.8 Å². The molecule has 0 amide bonds. The van der Waals surface area contributed by atoms with Crippen molar-refractivity contribution in [2.24, 2.45) is 0 Å². The van der Waals surface area contributed by atoms with E-state index in [0.29, 0.717) is 22.8 Å². The third kappa shape index (κ3) is 22.9. The number of rotatable bonds is 18. The molecular formula is C106H76F4N12Pt4. The number of benzene rings is 8. The molecule has 0 bridgehead atoms. The van der Waals surface area contributed by atoms with Gasteiger partial charge in [0.1, 0.15) is 23.3 Å². The summed E-state index contributed by atoms with van der Waals surface area (Å²) in [6.07, 6.45) is 9.41. The Balaban J connectivity index is 0.000000163. The summed E-state index contributed by atoms with van der Waals surface area (Å²) in [5.41, 5.74) is 18.0. The number of halogens is 4. The van der Waals surface area contributed by atoms with Crippen LogP contribution in [0.2, 0.25) is 0 Å². The molecular weight excluding hydrogens is 2300 g/mol. The Bertz CT molecular complexity index is 6200. The van der Waals surface area contributed by atoms with E-state index in [1.807, 2.05) is 256 Å². The Morgan fingerprint density at radius 3 is 0.881 bits per heavy atom. The quantitative estimate of drug-likeness (QED) is 0.0598. The van der Waals surface area contributed by atoms with Crippen LogP contribution in [-0.4, -0.2) is 63.9 Å². The summed E-state index contributed by atoms with van der Waals surface area (Å²) in [5.74, 6) is 0.331. The molecule has 0 fully saturated rings. The van der Waals surface area contributed by atoms with E-state index in [4.69, 9.17) is 29.9 Å². The molecule has 0 aliphatic rings. The maximum atomic E-state index is 14.2. The molecule has 0 N–H and O–H groups in total. The Labute approximate surface area is 789 Å². The van der Waals surface area contributed by atoms with Crippen molar-refractivity contribution in [3.05, 3.63) is 447 Å². The Hall–Kier alpha value is -12.7. The second kappa shape index (κ2) is 44.3. The van der Waals surface area contributed by atoms with E-state index in [-0.39, 0.29) is 101 Å². The van der Waals surface area contributed by atoms with E-state index < -0.39 is 28.7 Å². The number of hydrogen-bond donors (Lipinski definition) is 0. The van der Waals surface area contributed by atoms with Crippen LogP contribution in [0.1, 0.15) is 50.5 Å². The van der Waals surface area contributed by atoms with Crippen LogP contribution in [0.15, 0.2) is 352 Å². The molecule has 0 aliphatic carbocycles. The van der Waals surface area contributed by atoms with E-state index in [1.54, 1.807) is 48.8 Å². The van der Waals surface area contributed by atoms with E-state index in [1.165, 1.54) is 0 Å². The molecule has 0 saturated carbocycles. The number of aromatic nitrogens is 10. The molecule has 0 saturated heterocycles. The van der Waals surface area contributed by atoms with Gasteiger partial charge in [-0.25, -0.2) is 0 Å². The number of hydrogen-bond acceptors (Lipinski definition) is 12. The molecule has 12 nitrogen and oxygen atoms in total. The van der Waals surface area contributed by atoms with E-state index in [2.05, 4.69) is 143 Å². The average Bonchev–Trinajstić information content (AvgIpc) is 0.783. The minimum Gasteiger partial charge on any atom is -0.360 e. The van der Waals surface area contributed by atoms with Crippen molar-refractivity contribution >= 4 is 23.3 Å². The van der Waals surface area contributed by atoms with Crippen LogP contribution in [-0.2, 0) is 95.1 Å². The van der Waals surface area contributed by atoms with Crippen LogP contribution in [0.3, 0.4) is 0 Å². The van der Waals surface area contributed by atoms with Gasteiger partial charge in [0.15, 0.2) is 0 Å². The zero-order valence-corrected chi connectivity index (χ0v) is 77.7. The third-order valence-electron chi connectivity index (χ3n) is 20.2. The van der Waals surface area contributed by atoms with Crippen molar-refractivity contribution in [3.8, 4) is 112 Å².